The van der Waals surface area contributed by atoms with Crippen molar-refractivity contribution < 1.29 is 35.9 Å². The summed E-state index contributed by atoms with van der Waals surface area (Å²) in [7, 11) is 0. The van der Waals surface area contributed by atoms with Crippen LogP contribution in [0.1, 0.15) is 409 Å². The second kappa shape index (κ2) is 51.6. The predicted molar refractivity (Wildman–Crippen MR) is 359 cm³/mol. The van der Waals surface area contributed by atoms with Gasteiger partial charge in [0.1, 0.15) is 0 Å². The van der Waals surface area contributed by atoms with Crippen LogP contribution in [-0.4, -0.2) is 12.4 Å². The highest BCUT2D eigenvalue weighted by Gasteiger charge is 2.40. The van der Waals surface area contributed by atoms with Crippen LogP contribution in [0.25, 0.3) is 0 Å². The van der Waals surface area contributed by atoms with Crippen LogP contribution in [0.2, 0.25) is 0 Å². The molecule has 0 aromatic rings. The Morgan fingerprint density at radius 1 is 0.457 bits per heavy atom. The van der Waals surface area contributed by atoms with E-state index in [9.17, 15) is 26.3 Å². The van der Waals surface area contributed by atoms with Crippen LogP contribution < -0.4 is 0 Å². The lowest BCUT2D eigenvalue weighted by Gasteiger charge is -2.47. The fraction of sp³-hybridized carbons (Fsp3) is 1.00. The molecule has 0 bridgehead atoms. The third-order valence-corrected chi connectivity index (χ3v) is 16.0. The van der Waals surface area contributed by atoms with Crippen molar-refractivity contribution in [1.29, 1.82) is 0 Å². The van der Waals surface area contributed by atoms with Gasteiger partial charge in [-0.2, -0.15) is 26.3 Å². The molecule has 0 N–H and O–H groups in total. The maximum atomic E-state index is 11.5. The Bertz CT molecular complexity index is 1480. The van der Waals surface area contributed by atoms with Crippen molar-refractivity contribution in [3.63, 3.8) is 0 Å². The van der Waals surface area contributed by atoms with Gasteiger partial charge in [-0.3, -0.25) is 0 Å². The Kier molecular flexibility index (Phi) is 48.9. The summed E-state index contributed by atoms with van der Waals surface area (Å²) in [4.78, 5) is 0. The molecule has 6 heteroatoms. The Balaban J connectivity index is -0.000000213. The molecule has 0 aliphatic heterocycles. The van der Waals surface area contributed by atoms with Gasteiger partial charge in [-0.05, 0) is 139 Å². The molecule has 0 heterocycles. The summed E-state index contributed by atoms with van der Waals surface area (Å²) < 4.78 is 120. The maximum Gasteiger partial charge on any atom is 0.389 e. The molecule has 6 aliphatic carbocycles. The monoisotopic (exact) mass is 1180 g/mol. The standard InChI is InChI=1S/C14H26.C11H20.C7H14.2C6H11F3.C6H12.C6H14.2C5H12.C4H10.C3H8.C2H6/c1-12-4-6-14(7-5-12)10-8-13(2,3)9-11-14;1-10-4-8-11(9-5-10)6-2-3-7-11;1-7-5-3-2-4-6-7;2*1-3-5(2)4-6(7,8)9;1-6-4-2-3-5-6;1-5-6(2,3)4;1-5(2,3)4;1-4-5(2)3;1-4(2)3;1-3-2;1-2/h12H,4-11H2,1-3H3;10H,2-9H2,1H3;7H,2-6H2,1H3;2*5H,3-4H2,1-2H3;6H,2-5H2,1H3;5H2,1-4H3;1-4H3;5H,4H2,1-3H3;4H,1-3H3;3H2,1-2H3;1-2H3/t;;;2*5-;;;;;;;/m...00......./s1/i;;7D;;;6D;5D2;;4D2;4D;;. The molecule has 6 saturated carbocycles. The number of halogens is 6. The van der Waals surface area contributed by atoms with E-state index >= 15 is 0 Å². The molecular formula is C75H156F6. The fourth-order valence-electron chi connectivity index (χ4n) is 9.54. The molecule has 6 aliphatic rings. The summed E-state index contributed by atoms with van der Waals surface area (Å²) in [6.07, 6.45) is 26.4. The molecule has 6 fully saturated rings. The van der Waals surface area contributed by atoms with Crippen molar-refractivity contribution >= 4 is 0 Å². The van der Waals surface area contributed by atoms with E-state index in [1.54, 1.807) is 67.2 Å². The van der Waals surface area contributed by atoms with Crippen molar-refractivity contribution in [2.75, 3.05) is 0 Å². The fourth-order valence-corrected chi connectivity index (χ4v) is 9.54. The third kappa shape index (κ3) is 73.8. The highest BCUT2D eigenvalue weighted by Crippen LogP contribution is 2.53. The topological polar surface area (TPSA) is 0 Å². The molecule has 2 atom stereocenters. The average molecular weight is 1180 g/mol. The van der Waals surface area contributed by atoms with E-state index in [1.165, 1.54) is 116 Å². The summed E-state index contributed by atoms with van der Waals surface area (Å²) in [5.41, 5.74) is 2.57. The average Bonchev–Trinajstić information content (AvgIpc) is 3.99. The minimum atomic E-state index is -3.98. The Morgan fingerprint density at radius 2 is 0.691 bits per heavy atom. The zero-order valence-corrected chi connectivity index (χ0v) is 60.4. The van der Waals surface area contributed by atoms with Gasteiger partial charge in [-0.15, -0.1) is 0 Å². The van der Waals surface area contributed by atoms with E-state index in [0.717, 1.165) is 48.3 Å². The summed E-state index contributed by atoms with van der Waals surface area (Å²) in [5.74, 6) is 1.33. The number of hydrogen-bond donors (Lipinski definition) is 0. The number of rotatable bonds is 5. The number of alkyl halides is 6. The van der Waals surface area contributed by atoms with Gasteiger partial charge in [0.05, 0.1) is 0 Å². The largest absolute Gasteiger partial charge is 0.389 e. The van der Waals surface area contributed by atoms with Gasteiger partial charge < -0.3 is 0 Å². The smallest absolute Gasteiger partial charge is 0.171 e. The molecule has 0 aromatic carbocycles. The van der Waals surface area contributed by atoms with Gasteiger partial charge in [0.25, 0.3) is 0 Å². The van der Waals surface area contributed by atoms with Gasteiger partial charge in [0.15, 0.2) is 0 Å². The van der Waals surface area contributed by atoms with Crippen molar-refractivity contribution in [3.05, 3.63) is 0 Å². The predicted octanol–water partition coefficient (Wildman–Crippen LogP) is 29.9. The zero-order chi connectivity index (χ0) is 71.1. The SMILES string of the molecule is CC.CC(C)(C)C.CC1CCC2(CC1)CCC(C)(C)CC2.CC1CCC2(CCCC2)CC1.CCC.CC[C@H](C)CC(F)(F)F.CC[C@H](C)CC(F)(F)F.[2H]C(C)(C)C.[2H]C([2H])(C)C(C)(C)C.[2H]C([2H])(C)C(C)C.[2H]C1(C)CCCC1.[2H]C1(C)CCCCC1. The van der Waals surface area contributed by atoms with E-state index in [4.69, 9.17) is 9.60 Å². The second-order valence-electron chi connectivity index (χ2n) is 30.2. The van der Waals surface area contributed by atoms with Crippen LogP contribution in [0.5, 0.6) is 0 Å². The number of hydrogen-bond acceptors (Lipinski definition) is 0. The molecule has 0 amide bonds. The van der Waals surface area contributed by atoms with Gasteiger partial charge >= 0.3 is 12.4 Å². The third-order valence-electron chi connectivity index (χ3n) is 16.0. The highest BCUT2D eigenvalue weighted by atomic mass is 19.4. The minimum absolute atomic E-state index is 0.0556. The first kappa shape index (κ1) is 76.7. The first-order valence-electron chi connectivity index (χ1n) is 37.4. The van der Waals surface area contributed by atoms with Gasteiger partial charge in [0, 0.05) is 22.4 Å². The zero-order valence-electron chi connectivity index (χ0n) is 67.4. The van der Waals surface area contributed by atoms with Crippen molar-refractivity contribution in [2.45, 2.75) is 412 Å². The van der Waals surface area contributed by atoms with E-state index < -0.39 is 37.9 Å². The Morgan fingerprint density at radius 3 is 0.864 bits per heavy atom. The summed E-state index contributed by atoms with van der Waals surface area (Å²) >= 11 is 0. The van der Waals surface area contributed by atoms with Crippen molar-refractivity contribution in [3.8, 4) is 0 Å². The molecule has 0 nitrogen and oxygen atoms in total. The lowest BCUT2D eigenvalue weighted by Crippen LogP contribution is -2.34. The summed E-state index contributed by atoms with van der Waals surface area (Å²) in [5, 5.41) is 0. The van der Waals surface area contributed by atoms with Crippen molar-refractivity contribution in [1.82, 2.24) is 0 Å². The van der Waals surface area contributed by atoms with Gasteiger partial charge in [-0.1, -0.05) is 322 Å². The Hall–Kier alpha value is -0.420. The first-order valence-corrected chi connectivity index (χ1v) is 33.9. The molecule has 81 heavy (non-hydrogen) atoms. The quantitative estimate of drug-likeness (QED) is 0.241. The van der Waals surface area contributed by atoms with E-state index in [1.807, 2.05) is 83.1 Å². The van der Waals surface area contributed by atoms with Crippen LogP contribution in [0.4, 0.5) is 26.3 Å². The normalized spacial score (nSPS) is 22.8. The molecule has 2 spiro atoms. The van der Waals surface area contributed by atoms with E-state index in [0.29, 0.717) is 23.7 Å². The van der Waals surface area contributed by atoms with Crippen molar-refractivity contribution in [2.24, 2.45) is 74.3 Å². The molecule has 0 unspecified atom stereocenters. The van der Waals surface area contributed by atoms with Crippen LogP contribution in [0, 0.1) is 74.3 Å². The first-order chi connectivity index (χ1) is 39.3. The summed E-state index contributed by atoms with van der Waals surface area (Å²) in [6, 6.07) is 0. The van der Waals surface area contributed by atoms with E-state index in [-0.39, 0.29) is 40.9 Å². The van der Waals surface area contributed by atoms with Gasteiger partial charge in [0.2, 0.25) is 0 Å². The van der Waals surface area contributed by atoms with E-state index in [2.05, 4.69) is 69.2 Å². The molecular weight excluding hydrogens is 1010 g/mol. The molecule has 0 radical (unpaired) electrons. The molecule has 0 saturated heterocycles. The van der Waals surface area contributed by atoms with Crippen LogP contribution in [0.3, 0.4) is 0 Å². The Labute approximate surface area is 520 Å². The molecule has 498 valence electrons. The van der Waals surface area contributed by atoms with Crippen LogP contribution in [0.15, 0.2) is 0 Å². The minimum Gasteiger partial charge on any atom is -0.171 e. The molecule has 6 rings (SSSR count). The maximum absolute atomic E-state index is 11.5. The van der Waals surface area contributed by atoms with Crippen LogP contribution >= 0.6 is 0 Å². The van der Waals surface area contributed by atoms with Gasteiger partial charge in [-0.25, -0.2) is 0 Å². The summed E-state index contributed by atoms with van der Waals surface area (Å²) in [6.45, 7) is 55.8. The lowest BCUT2D eigenvalue weighted by molar-refractivity contribution is -0.144. The molecule has 0 aromatic heterocycles. The van der Waals surface area contributed by atoms with Crippen LogP contribution in [-0.2, 0) is 0 Å². The highest BCUT2D eigenvalue weighted by molar-refractivity contribution is 4.92. The lowest BCUT2D eigenvalue weighted by atomic mass is 9.59. The second-order valence-corrected chi connectivity index (χ2v) is 30.2.